The lowest BCUT2D eigenvalue weighted by Gasteiger charge is -2.32. The normalized spacial score (nSPS) is 15.2. The van der Waals surface area contributed by atoms with E-state index >= 15 is 0 Å². The fraction of sp³-hybridized carbons (Fsp3) is 0.440. The number of benzene rings is 2. The van der Waals surface area contributed by atoms with E-state index in [4.69, 9.17) is 0 Å². The van der Waals surface area contributed by atoms with Crippen molar-refractivity contribution >= 4 is 11.7 Å². The number of nitrogens with one attached hydrogen (secondary N) is 1. The lowest BCUT2D eigenvalue weighted by molar-refractivity contribution is -0.126. The van der Waals surface area contributed by atoms with Gasteiger partial charge in [0.05, 0.1) is 0 Å². The molecule has 1 aliphatic rings. The molecule has 0 spiro atoms. The number of Topliss-reactive ketones (excluding diaryl/α,β-unsaturated/α-hetero) is 1. The molecule has 0 radical (unpaired) electrons. The average Bonchev–Trinajstić information content (AvgIpc) is 2.70. The molecule has 1 saturated heterocycles. The molecule has 0 unspecified atom stereocenters. The van der Waals surface area contributed by atoms with Crippen molar-refractivity contribution < 1.29 is 14.0 Å². The first kappa shape index (κ1) is 22.2. The van der Waals surface area contributed by atoms with Crippen LogP contribution in [-0.4, -0.2) is 29.7 Å². The first-order valence-corrected chi connectivity index (χ1v) is 10.6. The molecular weight excluding hydrogens is 379 g/mol. The van der Waals surface area contributed by atoms with Crippen molar-refractivity contribution in [2.75, 3.05) is 13.1 Å². The molecule has 0 atom stereocenters. The fourth-order valence-electron chi connectivity index (χ4n) is 4.52. The maximum atomic E-state index is 13.0. The van der Waals surface area contributed by atoms with Crippen LogP contribution in [0.1, 0.15) is 57.9 Å². The maximum Gasteiger partial charge on any atom is 0.223 e. The van der Waals surface area contributed by atoms with Gasteiger partial charge in [-0.15, -0.1) is 0 Å². The number of nitrogens with zero attached hydrogens (tertiary/aromatic N) is 1. The van der Waals surface area contributed by atoms with Crippen LogP contribution in [0.15, 0.2) is 30.3 Å². The lowest BCUT2D eigenvalue weighted by Crippen LogP contribution is -2.40. The van der Waals surface area contributed by atoms with E-state index in [1.165, 1.54) is 23.3 Å². The highest BCUT2D eigenvalue weighted by atomic mass is 19.1. The minimum absolute atomic E-state index is 0.00897. The third-order valence-electron chi connectivity index (χ3n) is 6.20. The van der Waals surface area contributed by atoms with Gasteiger partial charge in [-0.2, -0.15) is 0 Å². The zero-order valence-electron chi connectivity index (χ0n) is 18.3. The SMILES string of the molecule is CC(=O)c1c(C)cc(C)c(CN2CCC(C(=O)NCc3ccc(F)cc3)CC2)c1C. The standard InChI is InChI=1S/C25H31FN2O2/c1-16-13-17(2)24(19(4)29)18(3)23(16)15-28-11-9-21(10-12-28)25(30)27-14-20-5-7-22(26)8-6-20/h5-8,13,21H,9-12,14-15H2,1-4H3,(H,27,30). The number of hydrogen-bond donors (Lipinski definition) is 1. The van der Waals surface area contributed by atoms with E-state index in [0.717, 1.165) is 54.7 Å². The number of halogens is 1. The van der Waals surface area contributed by atoms with Crippen molar-refractivity contribution in [3.63, 3.8) is 0 Å². The summed E-state index contributed by atoms with van der Waals surface area (Å²) in [5.74, 6) is -0.0788. The first-order chi connectivity index (χ1) is 14.3. The topological polar surface area (TPSA) is 49.4 Å². The summed E-state index contributed by atoms with van der Waals surface area (Å²) >= 11 is 0. The van der Waals surface area contributed by atoms with E-state index in [2.05, 4.69) is 23.2 Å². The van der Waals surface area contributed by atoms with Gasteiger partial charge in [-0.1, -0.05) is 18.2 Å². The molecule has 0 aromatic heterocycles. The zero-order valence-corrected chi connectivity index (χ0v) is 18.3. The van der Waals surface area contributed by atoms with Gasteiger partial charge < -0.3 is 5.32 Å². The molecule has 2 aromatic carbocycles. The van der Waals surface area contributed by atoms with Crippen molar-refractivity contribution in [2.45, 2.75) is 53.6 Å². The third kappa shape index (κ3) is 5.14. The fourth-order valence-corrected chi connectivity index (χ4v) is 4.52. The Bertz CT molecular complexity index is 929. The van der Waals surface area contributed by atoms with Crippen LogP contribution in [0.5, 0.6) is 0 Å². The third-order valence-corrected chi connectivity index (χ3v) is 6.20. The summed E-state index contributed by atoms with van der Waals surface area (Å²) in [6.45, 7) is 10.7. The summed E-state index contributed by atoms with van der Waals surface area (Å²) in [6, 6.07) is 8.31. The number of aryl methyl sites for hydroxylation is 2. The van der Waals surface area contributed by atoms with Crippen molar-refractivity contribution in [3.8, 4) is 0 Å². The van der Waals surface area contributed by atoms with Crippen molar-refractivity contribution in [3.05, 3.63) is 69.5 Å². The van der Waals surface area contributed by atoms with Crippen LogP contribution in [0.25, 0.3) is 0 Å². The van der Waals surface area contributed by atoms with Gasteiger partial charge in [0.2, 0.25) is 5.91 Å². The molecule has 1 aliphatic heterocycles. The molecule has 1 fully saturated rings. The summed E-state index contributed by atoms with van der Waals surface area (Å²) < 4.78 is 13.0. The molecule has 0 aliphatic carbocycles. The van der Waals surface area contributed by atoms with Crippen LogP contribution in [0, 0.1) is 32.5 Å². The van der Waals surface area contributed by atoms with Gasteiger partial charge >= 0.3 is 0 Å². The molecule has 5 heteroatoms. The van der Waals surface area contributed by atoms with Gasteiger partial charge in [-0.3, -0.25) is 14.5 Å². The monoisotopic (exact) mass is 410 g/mol. The van der Waals surface area contributed by atoms with Crippen molar-refractivity contribution in [1.29, 1.82) is 0 Å². The summed E-state index contributed by atoms with van der Waals surface area (Å²) in [4.78, 5) is 27.0. The molecule has 3 rings (SSSR count). The minimum atomic E-state index is -0.271. The Morgan fingerprint density at radius 2 is 1.70 bits per heavy atom. The van der Waals surface area contributed by atoms with Crippen LogP contribution >= 0.6 is 0 Å². The van der Waals surface area contributed by atoms with E-state index in [-0.39, 0.29) is 23.4 Å². The van der Waals surface area contributed by atoms with E-state index in [1.54, 1.807) is 19.1 Å². The van der Waals surface area contributed by atoms with Gasteiger partial charge in [0.1, 0.15) is 5.82 Å². The predicted octanol–water partition coefficient (Wildman–Crippen LogP) is 4.48. The number of rotatable bonds is 6. The van der Waals surface area contributed by atoms with Crippen LogP contribution in [0.3, 0.4) is 0 Å². The van der Waals surface area contributed by atoms with Gasteiger partial charge in [-0.05, 0) is 93.6 Å². The minimum Gasteiger partial charge on any atom is -0.352 e. The largest absolute Gasteiger partial charge is 0.352 e. The van der Waals surface area contributed by atoms with E-state index < -0.39 is 0 Å². The second-order valence-corrected chi connectivity index (χ2v) is 8.44. The molecule has 30 heavy (non-hydrogen) atoms. The molecule has 0 saturated carbocycles. The van der Waals surface area contributed by atoms with Crippen molar-refractivity contribution in [2.24, 2.45) is 5.92 Å². The average molecular weight is 411 g/mol. The summed E-state index contributed by atoms with van der Waals surface area (Å²) in [5.41, 5.74) is 6.30. The van der Waals surface area contributed by atoms with Crippen LogP contribution in [0.4, 0.5) is 4.39 Å². The Kier molecular flexibility index (Phi) is 7.03. The molecule has 1 amide bonds. The Morgan fingerprint density at radius 1 is 1.07 bits per heavy atom. The number of amides is 1. The second kappa shape index (κ2) is 9.52. The predicted molar refractivity (Wildman–Crippen MR) is 117 cm³/mol. The number of carbonyl (C=O) groups is 2. The summed E-state index contributed by atoms with van der Waals surface area (Å²) in [7, 11) is 0. The molecule has 1 heterocycles. The maximum absolute atomic E-state index is 13.0. The number of ketones is 1. The van der Waals surface area contributed by atoms with Crippen molar-refractivity contribution in [1.82, 2.24) is 10.2 Å². The van der Waals surface area contributed by atoms with Crippen LogP contribution in [0.2, 0.25) is 0 Å². The highest BCUT2D eigenvalue weighted by molar-refractivity contribution is 5.97. The highest BCUT2D eigenvalue weighted by Gasteiger charge is 2.26. The number of carbonyl (C=O) groups excluding carboxylic acids is 2. The number of likely N-dealkylation sites (tertiary alicyclic amines) is 1. The zero-order chi connectivity index (χ0) is 21.8. The number of piperidine rings is 1. The van der Waals surface area contributed by atoms with Crippen LogP contribution in [-0.2, 0) is 17.9 Å². The molecule has 0 bridgehead atoms. The molecule has 1 N–H and O–H groups in total. The second-order valence-electron chi connectivity index (χ2n) is 8.44. The summed E-state index contributed by atoms with van der Waals surface area (Å²) in [5, 5.41) is 2.98. The molecule has 160 valence electrons. The molecule has 4 nitrogen and oxygen atoms in total. The Labute approximate surface area is 178 Å². The van der Waals surface area contributed by atoms with Gasteiger partial charge in [-0.25, -0.2) is 4.39 Å². The van der Waals surface area contributed by atoms with Crippen LogP contribution < -0.4 is 5.32 Å². The summed E-state index contributed by atoms with van der Waals surface area (Å²) in [6.07, 6.45) is 1.64. The van der Waals surface area contributed by atoms with Gasteiger partial charge in [0, 0.05) is 24.6 Å². The van der Waals surface area contributed by atoms with E-state index in [1.807, 2.05) is 13.8 Å². The van der Waals surface area contributed by atoms with Gasteiger partial charge in [0.15, 0.2) is 5.78 Å². The Balaban J connectivity index is 1.56. The molecule has 2 aromatic rings. The Morgan fingerprint density at radius 3 is 2.30 bits per heavy atom. The number of hydrogen-bond acceptors (Lipinski definition) is 3. The van der Waals surface area contributed by atoms with E-state index in [9.17, 15) is 14.0 Å². The smallest absolute Gasteiger partial charge is 0.223 e. The molecular formula is C25H31FN2O2. The van der Waals surface area contributed by atoms with Gasteiger partial charge in [0.25, 0.3) is 0 Å². The van der Waals surface area contributed by atoms with E-state index in [0.29, 0.717) is 6.54 Å². The quantitative estimate of drug-likeness (QED) is 0.715. The lowest BCUT2D eigenvalue weighted by atomic mass is 9.90. The highest BCUT2D eigenvalue weighted by Crippen LogP contribution is 2.26. The first-order valence-electron chi connectivity index (χ1n) is 10.6. The Hall–Kier alpha value is -2.53.